The molecule has 5 heteroatoms. The minimum absolute atomic E-state index is 0. The van der Waals surface area contributed by atoms with E-state index in [1.54, 1.807) is 14.0 Å². The molecule has 1 unspecified atom stereocenters. The smallest absolute Gasteiger partial charge is 1.00 e. The summed E-state index contributed by atoms with van der Waals surface area (Å²) in [4.78, 5) is 0. The van der Waals surface area contributed by atoms with Gasteiger partial charge < -0.3 is 24.8 Å². The second kappa shape index (κ2) is 11.0. The van der Waals surface area contributed by atoms with Gasteiger partial charge in [-0.05, 0) is 0 Å². The molecule has 0 saturated heterocycles. The van der Waals surface area contributed by atoms with Crippen LogP contribution < -0.4 is 24.8 Å². The fourth-order valence-electron chi connectivity index (χ4n) is 5.35. The van der Waals surface area contributed by atoms with Crippen molar-refractivity contribution in [2.45, 2.75) is 56.3 Å². The van der Waals surface area contributed by atoms with Crippen molar-refractivity contribution < 1.29 is 46.1 Å². The van der Waals surface area contributed by atoms with Crippen molar-refractivity contribution in [1.82, 2.24) is 0 Å². The van der Waals surface area contributed by atoms with Gasteiger partial charge in [-0.3, -0.25) is 0 Å². The predicted octanol–water partition coefficient (Wildman–Crippen LogP) is 1.96. The van der Waals surface area contributed by atoms with Crippen molar-refractivity contribution in [3.05, 3.63) is 97.1 Å². The van der Waals surface area contributed by atoms with Crippen LogP contribution in [0.4, 0.5) is 0 Å². The fourth-order valence-corrected chi connectivity index (χ4v) is 23.3. The molecule has 0 bridgehead atoms. The number of allylic oxidation sites excluding steroid dienone is 5. The Bertz CT molecular complexity index is 1130. The molecule has 0 amide bonds. The summed E-state index contributed by atoms with van der Waals surface area (Å²) in [6, 6.07) is 20.4. The van der Waals surface area contributed by atoms with Crippen LogP contribution in [0.1, 0.15) is 33.7 Å². The van der Waals surface area contributed by atoms with E-state index in [4.69, 9.17) is 0 Å². The molecule has 0 aliphatic heterocycles. The summed E-state index contributed by atoms with van der Waals surface area (Å²) in [5.41, 5.74) is 4.49. The maximum absolute atomic E-state index is 2.67. The Labute approximate surface area is 223 Å². The first-order valence-corrected chi connectivity index (χ1v) is 22.4. The van der Waals surface area contributed by atoms with Gasteiger partial charge in [0.05, 0.1) is 0 Å². The molecule has 0 heterocycles. The molecule has 0 radical (unpaired) electrons. The van der Waals surface area contributed by atoms with E-state index < -0.39 is 37.4 Å². The predicted molar refractivity (Wildman–Crippen MR) is 141 cm³/mol. The SMILES string of the molecule is C/[C](c1ccccc1)=[Zr+2](/[C]1=C([Si](C)(C)C)C([Si](C)(C)C)=CC1)[CH]1C=Cc2ccccc21.[Cl-].[Cl-]. The Morgan fingerprint density at radius 1 is 0.818 bits per heavy atom. The molecule has 2 aromatic carbocycles. The van der Waals surface area contributed by atoms with Gasteiger partial charge in [0.1, 0.15) is 0 Å². The summed E-state index contributed by atoms with van der Waals surface area (Å²) < 4.78 is 4.24. The van der Waals surface area contributed by atoms with Gasteiger partial charge in [-0.25, -0.2) is 0 Å². The summed E-state index contributed by atoms with van der Waals surface area (Å²) in [5, 5.41) is 3.66. The third-order valence-electron chi connectivity index (χ3n) is 6.69. The molecule has 0 saturated carbocycles. The molecule has 174 valence electrons. The van der Waals surface area contributed by atoms with Crippen molar-refractivity contribution >= 4 is 25.4 Å². The number of rotatable bonds is 5. The first-order chi connectivity index (χ1) is 14.6. The quantitative estimate of drug-likeness (QED) is 0.468. The van der Waals surface area contributed by atoms with Crippen LogP contribution >= 0.6 is 0 Å². The van der Waals surface area contributed by atoms with Gasteiger partial charge in [0.2, 0.25) is 0 Å². The van der Waals surface area contributed by atoms with Crippen molar-refractivity contribution in [1.29, 1.82) is 0 Å². The van der Waals surface area contributed by atoms with Crippen LogP contribution in [0.3, 0.4) is 0 Å². The zero-order valence-electron chi connectivity index (χ0n) is 21.0. The van der Waals surface area contributed by atoms with Crippen molar-refractivity contribution in [2.24, 2.45) is 0 Å². The Balaban J connectivity index is 0.00000193. The number of halogens is 2. The van der Waals surface area contributed by atoms with Gasteiger partial charge >= 0.3 is 200 Å². The monoisotopic (exact) mass is 588 g/mol. The van der Waals surface area contributed by atoms with Gasteiger partial charge in [-0.15, -0.1) is 0 Å². The summed E-state index contributed by atoms with van der Waals surface area (Å²) in [5.74, 6) is 0. The van der Waals surface area contributed by atoms with E-state index in [-0.39, 0.29) is 24.8 Å². The maximum Gasteiger partial charge on any atom is -1.00 e. The van der Waals surface area contributed by atoms with Crippen LogP contribution in [-0.4, -0.2) is 19.4 Å². The Morgan fingerprint density at radius 3 is 2.03 bits per heavy atom. The zero-order valence-corrected chi connectivity index (χ0v) is 26.9. The molecule has 33 heavy (non-hydrogen) atoms. The number of benzene rings is 2. The largest absolute Gasteiger partial charge is 1.00 e. The third kappa shape index (κ3) is 5.81. The van der Waals surface area contributed by atoms with E-state index in [1.165, 1.54) is 17.5 Å². The second-order valence-corrected chi connectivity index (χ2v) is 28.0. The van der Waals surface area contributed by atoms with E-state index in [2.05, 4.69) is 119 Å². The number of hydrogen-bond donors (Lipinski definition) is 0. The Kier molecular flexibility index (Phi) is 9.56. The van der Waals surface area contributed by atoms with Crippen molar-refractivity contribution in [3.8, 4) is 0 Å². The Hall–Kier alpha value is -0.573. The first-order valence-electron chi connectivity index (χ1n) is 11.6. The van der Waals surface area contributed by atoms with Crippen molar-refractivity contribution in [2.75, 3.05) is 0 Å². The molecule has 2 aliphatic rings. The average Bonchev–Trinajstić information content (AvgIpc) is 3.34. The van der Waals surface area contributed by atoms with E-state index in [9.17, 15) is 0 Å². The molecule has 4 rings (SSSR count). The van der Waals surface area contributed by atoms with Gasteiger partial charge in [0.15, 0.2) is 0 Å². The van der Waals surface area contributed by atoms with E-state index in [0.717, 1.165) is 0 Å². The second-order valence-electron chi connectivity index (χ2n) is 11.0. The molecule has 0 spiro atoms. The van der Waals surface area contributed by atoms with Crippen LogP contribution in [0.5, 0.6) is 0 Å². The standard InChI is InChI=1S/C11H21Si2.C9H7.C8H8.2ClH.Zr/c1-12(2,3)10-8-7-9-11(10)13(4,5)6;1-2-5-9-7-3-6-8(9)4-1;1-2-8-6-4-3-5-7-8;;;/h8H,7H2,1-6H3;1-7H;3-7H,1H3;2*1H;/q;;;;;+2/p-2. The van der Waals surface area contributed by atoms with Crippen LogP contribution in [0.15, 0.2) is 80.4 Å². The summed E-state index contributed by atoms with van der Waals surface area (Å²) in [7, 11) is -2.82. The molecule has 0 N–H and O–H groups in total. The van der Waals surface area contributed by atoms with Crippen molar-refractivity contribution in [3.63, 3.8) is 0 Å². The number of fused-ring (bicyclic) bond motifs is 1. The molecule has 1 atom stereocenters. The van der Waals surface area contributed by atoms with E-state index in [0.29, 0.717) is 3.63 Å². The summed E-state index contributed by atoms with van der Waals surface area (Å²) in [6.45, 7) is 17.9. The summed E-state index contributed by atoms with van der Waals surface area (Å²) in [6.07, 6.45) is 8.84. The maximum atomic E-state index is 2.67. The van der Waals surface area contributed by atoms with Gasteiger partial charge in [-0.2, -0.15) is 0 Å². The van der Waals surface area contributed by atoms with E-state index in [1.807, 2.05) is 8.48 Å². The van der Waals surface area contributed by atoms with Crippen LogP contribution in [0.2, 0.25) is 39.3 Å². The topological polar surface area (TPSA) is 0 Å². The molecule has 2 aromatic rings. The normalized spacial score (nSPS) is 17.7. The van der Waals surface area contributed by atoms with Gasteiger partial charge in [0, 0.05) is 0 Å². The van der Waals surface area contributed by atoms with E-state index >= 15 is 0 Å². The molecular formula is C28H36Cl2Si2Zr. The molecule has 2 aliphatic carbocycles. The fraction of sp³-hybridized carbons (Fsp3) is 0.321. The minimum Gasteiger partial charge on any atom is -1.00 e. The molecular weight excluding hydrogens is 555 g/mol. The molecule has 0 nitrogen and oxygen atoms in total. The van der Waals surface area contributed by atoms with Crippen LogP contribution in [0, 0.1) is 0 Å². The Morgan fingerprint density at radius 2 is 1.42 bits per heavy atom. The van der Waals surface area contributed by atoms with Gasteiger partial charge in [0.25, 0.3) is 0 Å². The summed E-state index contributed by atoms with van der Waals surface area (Å²) >= 11 is -2.23. The van der Waals surface area contributed by atoms with Gasteiger partial charge in [-0.1, -0.05) is 0 Å². The first kappa shape index (κ1) is 28.7. The van der Waals surface area contributed by atoms with Crippen LogP contribution in [-0.2, 0) is 21.3 Å². The zero-order chi connectivity index (χ0) is 22.4. The number of hydrogen-bond acceptors (Lipinski definition) is 0. The average molecular weight is 591 g/mol. The minimum atomic E-state index is -2.23. The van der Waals surface area contributed by atoms with Crippen LogP contribution in [0.25, 0.3) is 6.08 Å². The third-order valence-corrected chi connectivity index (χ3v) is 19.9. The molecule has 0 aromatic heterocycles. The molecule has 0 fully saturated rings.